The summed E-state index contributed by atoms with van der Waals surface area (Å²) in [6.45, 7) is 0.306. The Bertz CT molecular complexity index is 910. The van der Waals surface area contributed by atoms with E-state index < -0.39 is 53.8 Å². The third-order valence-electron chi connectivity index (χ3n) is 5.39. The number of hydrogen-bond acceptors (Lipinski definition) is 9. The normalized spacial score (nSPS) is 13.6. The summed E-state index contributed by atoms with van der Waals surface area (Å²) in [6.07, 6.45) is 2.13. The predicted molar refractivity (Wildman–Crippen MR) is 151 cm³/mol. The fourth-order valence-electron chi connectivity index (χ4n) is 3.27. The molecule has 0 fully saturated rings. The maximum absolute atomic E-state index is 13.2. The van der Waals surface area contributed by atoms with E-state index in [1.54, 1.807) is 6.26 Å². The summed E-state index contributed by atoms with van der Waals surface area (Å²) in [5.41, 5.74) is 26.9. The Labute approximate surface area is 236 Å². The van der Waals surface area contributed by atoms with Crippen LogP contribution < -0.4 is 44.6 Å². The van der Waals surface area contributed by atoms with Crippen molar-refractivity contribution in [2.45, 2.75) is 69.1 Å². The SMILES string of the molecule is CSCCC(NC(=O)C(N)CCC(=O)O)C(=O)NC(CCCN=C(N)N)C(=O)NC(CCCN=C(N)N)C(=O)O. The van der Waals surface area contributed by atoms with Gasteiger partial charge in [0, 0.05) is 19.5 Å². The van der Waals surface area contributed by atoms with Crippen LogP contribution in [0, 0.1) is 0 Å². The van der Waals surface area contributed by atoms with Crippen LogP contribution in [0.15, 0.2) is 9.98 Å². The highest BCUT2D eigenvalue weighted by atomic mass is 32.2. The Hall–Kier alpha value is -3.80. The lowest BCUT2D eigenvalue weighted by molar-refractivity contribution is -0.142. The number of carboxylic acid groups (broad SMARTS) is 2. The van der Waals surface area contributed by atoms with Crippen molar-refractivity contribution >= 4 is 53.3 Å². The van der Waals surface area contributed by atoms with Gasteiger partial charge in [0.1, 0.15) is 18.1 Å². The van der Waals surface area contributed by atoms with Gasteiger partial charge in [0.25, 0.3) is 0 Å². The van der Waals surface area contributed by atoms with Crippen molar-refractivity contribution in [1.29, 1.82) is 0 Å². The van der Waals surface area contributed by atoms with Crippen LogP contribution in [-0.2, 0) is 24.0 Å². The number of aliphatic carboxylic acids is 2. The number of aliphatic imine (C=N–C) groups is 2. The van der Waals surface area contributed by atoms with E-state index in [1.165, 1.54) is 11.8 Å². The third-order valence-corrected chi connectivity index (χ3v) is 6.03. The summed E-state index contributed by atoms with van der Waals surface area (Å²) < 4.78 is 0. The third kappa shape index (κ3) is 16.9. The van der Waals surface area contributed by atoms with E-state index in [4.69, 9.17) is 33.8 Å². The van der Waals surface area contributed by atoms with E-state index >= 15 is 0 Å². The number of carbonyl (C=O) groups excluding carboxylic acids is 3. The molecule has 40 heavy (non-hydrogen) atoms. The number of rotatable bonds is 21. The average molecular weight is 591 g/mol. The predicted octanol–water partition coefficient (Wildman–Crippen LogP) is -3.42. The van der Waals surface area contributed by atoms with E-state index in [2.05, 4.69) is 25.9 Å². The minimum atomic E-state index is -1.29. The van der Waals surface area contributed by atoms with Crippen LogP contribution in [0.1, 0.15) is 44.9 Å². The van der Waals surface area contributed by atoms with Crippen molar-refractivity contribution in [3.63, 3.8) is 0 Å². The Kier molecular flexibility index (Phi) is 18.2. The molecule has 0 aromatic rings. The van der Waals surface area contributed by atoms with Gasteiger partial charge in [-0.2, -0.15) is 11.8 Å². The van der Waals surface area contributed by atoms with Crippen molar-refractivity contribution in [1.82, 2.24) is 16.0 Å². The molecule has 4 unspecified atom stereocenters. The van der Waals surface area contributed by atoms with E-state index in [9.17, 15) is 29.1 Å². The summed E-state index contributed by atoms with van der Waals surface area (Å²) in [5, 5.41) is 25.9. The first-order valence-corrected chi connectivity index (χ1v) is 13.9. The lowest BCUT2D eigenvalue weighted by Gasteiger charge is -2.25. The van der Waals surface area contributed by atoms with Gasteiger partial charge in [-0.1, -0.05) is 0 Å². The summed E-state index contributed by atoms with van der Waals surface area (Å²) in [4.78, 5) is 68.8. The van der Waals surface area contributed by atoms with E-state index in [-0.39, 0.29) is 70.0 Å². The summed E-state index contributed by atoms with van der Waals surface area (Å²) in [5.74, 6) is -4.42. The molecule has 0 aromatic carbocycles. The summed E-state index contributed by atoms with van der Waals surface area (Å²) in [7, 11) is 0. The molecule has 0 heterocycles. The first-order valence-electron chi connectivity index (χ1n) is 12.5. The van der Waals surface area contributed by atoms with Crippen molar-refractivity contribution < 1.29 is 34.2 Å². The van der Waals surface area contributed by atoms with Crippen LogP contribution in [0.25, 0.3) is 0 Å². The highest BCUT2D eigenvalue weighted by molar-refractivity contribution is 7.98. The largest absolute Gasteiger partial charge is 0.481 e. The number of nitrogens with one attached hydrogen (secondary N) is 3. The maximum atomic E-state index is 13.2. The number of carboxylic acids is 2. The first-order chi connectivity index (χ1) is 18.8. The molecular formula is C22H42N10O7S. The maximum Gasteiger partial charge on any atom is 0.326 e. The van der Waals surface area contributed by atoms with Crippen LogP contribution in [-0.4, -0.2) is 101 Å². The van der Waals surface area contributed by atoms with Gasteiger partial charge in [0.05, 0.1) is 6.04 Å². The molecule has 17 nitrogen and oxygen atoms in total. The molecule has 15 N–H and O–H groups in total. The van der Waals surface area contributed by atoms with Gasteiger partial charge in [-0.3, -0.25) is 29.2 Å². The number of carbonyl (C=O) groups is 5. The number of nitrogens with two attached hydrogens (primary N) is 5. The Morgan fingerprint density at radius 2 is 1.18 bits per heavy atom. The number of nitrogens with zero attached hydrogens (tertiary/aromatic N) is 2. The van der Waals surface area contributed by atoms with Crippen molar-refractivity contribution in [2.75, 3.05) is 25.1 Å². The zero-order valence-corrected chi connectivity index (χ0v) is 23.3. The zero-order valence-electron chi connectivity index (χ0n) is 22.5. The average Bonchev–Trinajstić information content (AvgIpc) is 2.87. The molecule has 0 aliphatic heterocycles. The zero-order chi connectivity index (χ0) is 30.7. The highest BCUT2D eigenvalue weighted by Crippen LogP contribution is 2.07. The summed E-state index contributed by atoms with van der Waals surface area (Å²) in [6, 6.07) is -4.71. The Morgan fingerprint density at radius 3 is 1.62 bits per heavy atom. The molecule has 0 aromatic heterocycles. The van der Waals surface area contributed by atoms with Crippen molar-refractivity contribution in [3.8, 4) is 0 Å². The second-order valence-electron chi connectivity index (χ2n) is 8.74. The van der Waals surface area contributed by atoms with E-state index in [0.717, 1.165) is 0 Å². The first kappa shape index (κ1) is 36.2. The van der Waals surface area contributed by atoms with Gasteiger partial charge in [-0.15, -0.1) is 0 Å². The van der Waals surface area contributed by atoms with E-state index in [1.807, 2.05) is 0 Å². The molecule has 4 atom stereocenters. The van der Waals surface area contributed by atoms with Gasteiger partial charge in [-0.25, -0.2) is 4.79 Å². The molecule has 0 aliphatic carbocycles. The smallest absolute Gasteiger partial charge is 0.326 e. The molecule has 0 bridgehead atoms. The molecule has 0 radical (unpaired) electrons. The minimum Gasteiger partial charge on any atom is -0.481 e. The number of hydrogen-bond donors (Lipinski definition) is 10. The molecule has 0 rings (SSSR count). The molecule has 0 saturated heterocycles. The minimum absolute atomic E-state index is 0.0210. The van der Waals surface area contributed by atoms with Gasteiger partial charge in [0.2, 0.25) is 17.7 Å². The molecule has 0 saturated carbocycles. The monoisotopic (exact) mass is 590 g/mol. The lowest BCUT2D eigenvalue weighted by atomic mass is 10.1. The van der Waals surface area contributed by atoms with E-state index in [0.29, 0.717) is 5.75 Å². The van der Waals surface area contributed by atoms with Gasteiger partial charge in [-0.05, 0) is 50.5 Å². The second kappa shape index (κ2) is 20.2. The van der Waals surface area contributed by atoms with Crippen LogP contribution in [0.2, 0.25) is 0 Å². The topological polar surface area (TPSA) is 317 Å². The van der Waals surface area contributed by atoms with Crippen LogP contribution in [0.3, 0.4) is 0 Å². The van der Waals surface area contributed by atoms with Crippen LogP contribution in [0.4, 0.5) is 0 Å². The number of guanidine groups is 2. The molecule has 0 aliphatic rings. The number of amides is 3. The standard InChI is InChI=1S/C22H42N10O7S/c1-40-11-8-14(30-17(35)12(23)6-7-16(33)34)19(37)31-13(4-2-9-28-21(24)25)18(36)32-15(20(38)39)5-3-10-29-22(26)27/h12-15H,2-11,23H2,1H3,(H,30,35)(H,31,37)(H,32,36)(H,33,34)(H,38,39)(H4,24,25,28)(H4,26,27,29). The van der Waals surface area contributed by atoms with Gasteiger partial charge in [0.15, 0.2) is 11.9 Å². The Balaban J connectivity index is 5.61. The van der Waals surface area contributed by atoms with Gasteiger partial charge >= 0.3 is 11.9 Å². The molecule has 18 heteroatoms. The second-order valence-corrected chi connectivity index (χ2v) is 9.73. The summed E-state index contributed by atoms with van der Waals surface area (Å²) >= 11 is 1.42. The number of thioether (sulfide) groups is 1. The van der Waals surface area contributed by atoms with Crippen LogP contribution >= 0.6 is 11.8 Å². The van der Waals surface area contributed by atoms with Crippen molar-refractivity contribution in [3.05, 3.63) is 0 Å². The van der Waals surface area contributed by atoms with Crippen LogP contribution in [0.5, 0.6) is 0 Å². The molecule has 3 amide bonds. The fraction of sp³-hybridized carbons (Fsp3) is 0.682. The molecular weight excluding hydrogens is 548 g/mol. The lowest BCUT2D eigenvalue weighted by Crippen LogP contribution is -2.57. The van der Waals surface area contributed by atoms with Gasteiger partial charge < -0.3 is 54.8 Å². The highest BCUT2D eigenvalue weighted by Gasteiger charge is 2.30. The molecule has 228 valence electrons. The molecule has 0 spiro atoms. The fourth-order valence-corrected chi connectivity index (χ4v) is 3.74. The Morgan fingerprint density at radius 1 is 0.725 bits per heavy atom. The quantitative estimate of drug-likeness (QED) is 0.0354. The van der Waals surface area contributed by atoms with Crippen molar-refractivity contribution in [2.24, 2.45) is 38.7 Å².